The maximum absolute atomic E-state index is 12.0. The Labute approximate surface area is 125 Å². The van der Waals surface area contributed by atoms with E-state index in [0.29, 0.717) is 5.56 Å². The average molecular weight is 285 g/mol. The molecule has 0 fully saturated rings. The van der Waals surface area contributed by atoms with Gasteiger partial charge in [-0.25, -0.2) is 4.79 Å². The zero-order chi connectivity index (χ0) is 16.1. The topological polar surface area (TPSA) is 85.9 Å². The van der Waals surface area contributed by atoms with Crippen LogP contribution in [0.2, 0.25) is 0 Å². The fourth-order valence-electron chi connectivity index (χ4n) is 1.79. The van der Waals surface area contributed by atoms with Crippen molar-refractivity contribution in [2.75, 3.05) is 0 Å². The first-order chi connectivity index (χ1) is 9.72. The number of rotatable bonds is 3. The molecule has 0 radical (unpaired) electrons. The molecule has 0 spiro atoms. The number of ether oxygens (including phenoxy) is 1. The molecule has 0 unspecified atom stereocenters. The number of nitrogens with one attached hydrogen (secondary N) is 1. The van der Waals surface area contributed by atoms with Gasteiger partial charge in [0.1, 0.15) is 5.60 Å². The number of benzene rings is 1. The molecule has 0 heterocycles. The number of alkyl carbamates (subject to hydrolysis) is 1. The number of hydrogen-bond acceptors (Lipinski definition) is 4. The van der Waals surface area contributed by atoms with Crippen molar-refractivity contribution in [3.05, 3.63) is 35.9 Å². The van der Waals surface area contributed by atoms with Crippen LogP contribution in [0.1, 0.15) is 39.3 Å². The molecule has 0 aromatic heterocycles. The molecule has 1 aromatic carbocycles. The van der Waals surface area contributed by atoms with Crippen molar-refractivity contribution < 1.29 is 9.53 Å². The molecular formula is C16H19N3O2. The van der Waals surface area contributed by atoms with Crippen LogP contribution in [0.4, 0.5) is 4.79 Å². The predicted octanol–water partition coefficient (Wildman–Crippen LogP) is 3.31. The Kier molecular flexibility index (Phi) is 4.94. The molecule has 0 aliphatic carbocycles. The molecule has 0 saturated heterocycles. The Morgan fingerprint density at radius 1 is 1.14 bits per heavy atom. The van der Waals surface area contributed by atoms with E-state index < -0.39 is 23.2 Å². The van der Waals surface area contributed by atoms with Gasteiger partial charge in [0, 0.05) is 0 Å². The Balaban J connectivity index is 3.09. The van der Waals surface area contributed by atoms with Gasteiger partial charge in [-0.1, -0.05) is 30.3 Å². The zero-order valence-electron chi connectivity index (χ0n) is 12.7. The molecule has 5 heteroatoms. The van der Waals surface area contributed by atoms with Crippen LogP contribution in [0, 0.1) is 28.1 Å². The first kappa shape index (κ1) is 16.5. The zero-order valence-corrected chi connectivity index (χ0v) is 12.7. The van der Waals surface area contributed by atoms with Crippen LogP contribution in [0.15, 0.2) is 30.3 Å². The molecule has 1 aromatic rings. The van der Waals surface area contributed by atoms with Crippen molar-refractivity contribution >= 4 is 6.09 Å². The highest BCUT2D eigenvalue weighted by molar-refractivity contribution is 5.69. The molecule has 0 aliphatic rings. The number of amides is 1. The number of hydrogen-bond donors (Lipinski definition) is 1. The molecule has 0 saturated carbocycles. The van der Waals surface area contributed by atoms with Gasteiger partial charge in [-0.2, -0.15) is 10.5 Å². The van der Waals surface area contributed by atoms with Gasteiger partial charge < -0.3 is 10.1 Å². The lowest BCUT2D eigenvalue weighted by atomic mass is 9.81. The van der Waals surface area contributed by atoms with E-state index in [4.69, 9.17) is 4.74 Å². The summed E-state index contributed by atoms with van der Waals surface area (Å²) in [5.41, 5.74) is -1.37. The minimum absolute atomic E-state index is 0.652. The van der Waals surface area contributed by atoms with Gasteiger partial charge in [-0.3, -0.25) is 0 Å². The van der Waals surface area contributed by atoms with Gasteiger partial charge in [0.15, 0.2) is 5.41 Å². The SMILES string of the molecule is CC(C)(C)OC(=O)N[C@@H](c1ccccc1)C(C)(C#N)C#N. The molecule has 0 aliphatic heterocycles. The summed E-state index contributed by atoms with van der Waals surface area (Å²) in [6.07, 6.45) is -0.659. The van der Waals surface area contributed by atoms with Gasteiger partial charge in [-0.15, -0.1) is 0 Å². The minimum Gasteiger partial charge on any atom is -0.444 e. The van der Waals surface area contributed by atoms with E-state index in [-0.39, 0.29) is 0 Å². The first-order valence-corrected chi connectivity index (χ1v) is 6.59. The molecule has 1 atom stereocenters. The van der Waals surface area contributed by atoms with Crippen molar-refractivity contribution in [3.63, 3.8) is 0 Å². The lowest BCUT2D eigenvalue weighted by Gasteiger charge is -2.28. The summed E-state index contributed by atoms with van der Waals surface area (Å²) in [5.74, 6) is 0. The fraction of sp³-hybridized carbons (Fsp3) is 0.438. The Morgan fingerprint density at radius 3 is 2.10 bits per heavy atom. The van der Waals surface area contributed by atoms with E-state index in [0.717, 1.165) is 0 Å². The van der Waals surface area contributed by atoms with Crippen LogP contribution in [0.3, 0.4) is 0 Å². The van der Waals surface area contributed by atoms with Crippen LogP contribution in [-0.2, 0) is 4.74 Å². The molecule has 0 bridgehead atoms. The quantitative estimate of drug-likeness (QED) is 0.923. The number of carbonyl (C=O) groups is 1. The second-order valence-corrected chi connectivity index (χ2v) is 5.92. The van der Waals surface area contributed by atoms with Gasteiger partial charge in [0.2, 0.25) is 0 Å². The normalized spacial score (nSPS) is 12.7. The van der Waals surface area contributed by atoms with Crippen molar-refractivity contribution in [1.82, 2.24) is 5.32 Å². The van der Waals surface area contributed by atoms with Crippen LogP contribution in [0.5, 0.6) is 0 Å². The third-order valence-electron chi connectivity index (χ3n) is 2.84. The lowest BCUT2D eigenvalue weighted by molar-refractivity contribution is 0.0483. The van der Waals surface area contributed by atoms with Gasteiger partial charge in [0.05, 0.1) is 18.2 Å². The summed E-state index contributed by atoms with van der Waals surface area (Å²) < 4.78 is 5.20. The second-order valence-electron chi connectivity index (χ2n) is 5.92. The van der Waals surface area contributed by atoms with Crippen molar-refractivity contribution in [2.24, 2.45) is 5.41 Å². The highest BCUT2D eigenvalue weighted by Crippen LogP contribution is 2.32. The van der Waals surface area contributed by atoms with Crippen LogP contribution < -0.4 is 5.32 Å². The van der Waals surface area contributed by atoms with E-state index in [1.807, 2.05) is 18.2 Å². The van der Waals surface area contributed by atoms with Crippen LogP contribution >= 0.6 is 0 Å². The maximum atomic E-state index is 12.0. The summed E-state index contributed by atoms with van der Waals surface area (Å²) in [6, 6.07) is 12.1. The van der Waals surface area contributed by atoms with E-state index in [9.17, 15) is 15.3 Å². The lowest BCUT2D eigenvalue weighted by Crippen LogP contribution is -2.41. The van der Waals surface area contributed by atoms with Gasteiger partial charge in [0.25, 0.3) is 0 Å². The Hall–Kier alpha value is -2.53. The predicted molar refractivity (Wildman–Crippen MR) is 77.9 cm³/mol. The highest BCUT2D eigenvalue weighted by Gasteiger charge is 2.38. The first-order valence-electron chi connectivity index (χ1n) is 6.59. The minimum atomic E-state index is -1.39. The summed E-state index contributed by atoms with van der Waals surface area (Å²) in [4.78, 5) is 12.0. The van der Waals surface area contributed by atoms with Crippen LogP contribution in [0.25, 0.3) is 0 Å². The van der Waals surface area contributed by atoms with E-state index >= 15 is 0 Å². The molecule has 5 nitrogen and oxygen atoms in total. The second kappa shape index (κ2) is 6.28. The van der Waals surface area contributed by atoms with E-state index in [2.05, 4.69) is 5.32 Å². The van der Waals surface area contributed by atoms with Gasteiger partial charge >= 0.3 is 6.09 Å². The van der Waals surface area contributed by atoms with E-state index in [1.165, 1.54) is 6.92 Å². The summed E-state index contributed by atoms with van der Waals surface area (Å²) in [6.45, 7) is 6.73. The van der Waals surface area contributed by atoms with Crippen molar-refractivity contribution in [3.8, 4) is 12.1 Å². The number of carbonyl (C=O) groups excluding carboxylic acids is 1. The average Bonchev–Trinajstić information content (AvgIpc) is 2.43. The molecule has 110 valence electrons. The molecule has 21 heavy (non-hydrogen) atoms. The number of nitriles is 2. The summed E-state index contributed by atoms with van der Waals surface area (Å²) >= 11 is 0. The fourth-order valence-corrected chi connectivity index (χ4v) is 1.79. The Morgan fingerprint density at radius 2 is 1.67 bits per heavy atom. The molecule has 1 amide bonds. The molecular weight excluding hydrogens is 266 g/mol. The van der Waals surface area contributed by atoms with Crippen molar-refractivity contribution in [1.29, 1.82) is 10.5 Å². The van der Waals surface area contributed by atoms with Crippen molar-refractivity contribution in [2.45, 2.75) is 39.3 Å². The van der Waals surface area contributed by atoms with Crippen LogP contribution in [-0.4, -0.2) is 11.7 Å². The standard InChI is InChI=1S/C16H19N3O2/c1-15(2,3)21-14(20)19-13(16(4,10-17)11-18)12-8-6-5-7-9-12/h5-9,13H,1-4H3,(H,19,20)/t13-/m0/s1. The summed E-state index contributed by atoms with van der Waals surface area (Å²) in [7, 11) is 0. The summed E-state index contributed by atoms with van der Waals surface area (Å²) in [5, 5.41) is 21.2. The molecule has 1 N–H and O–H groups in total. The third-order valence-corrected chi connectivity index (χ3v) is 2.84. The molecule has 1 rings (SSSR count). The van der Waals surface area contributed by atoms with Gasteiger partial charge in [-0.05, 0) is 33.3 Å². The largest absolute Gasteiger partial charge is 0.444 e. The number of nitrogens with zero attached hydrogens (tertiary/aromatic N) is 2. The monoisotopic (exact) mass is 285 g/mol. The highest BCUT2D eigenvalue weighted by atomic mass is 16.6. The maximum Gasteiger partial charge on any atom is 0.408 e. The smallest absolute Gasteiger partial charge is 0.408 e. The Bertz CT molecular complexity index is 562. The third kappa shape index (κ3) is 4.50. The van der Waals surface area contributed by atoms with E-state index in [1.54, 1.807) is 45.0 Å².